The van der Waals surface area contributed by atoms with Crippen molar-refractivity contribution in [3.8, 4) is 0 Å². The summed E-state index contributed by atoms with van der Waals surface area (Å²) in [5.41, 5.74) is 0. The molecule has 1 saturated carbocycles. The predicted octanol–water partition coefficient (Wildman–Crippen LogP) is 6.37. The number of aliphatic hydroxyl groups is 6. The first kappa shape index (κ1) is 47.4. The highest BCUT2D eigenvalue weighted by Gasteiger charge is 2.51. The molecule has 298 valence electrons. The molecule has 0 aromatic rings. The van der Waals surface area contributed by atoms with Crippen LogP contribution in [0.4, 0.5) is 0 Å². The van der Waals surface area contributed by atoms with E-state index in [1.54, 1.807) is 0 Å². The lowest BCUT2D eigenvalue weighted by molar-refractivity contribution is -0.220. The monoisotopic (exact) mass is 740 g/mol. The number of phosphoric ester groups is 1. The maximum atomic E-state index is 12.2. The van der Waals surface area contributed by atoms with E-state index in [1.165, 1.54) is 135 Å². The Balaban J connectivity index is 1.88. The quantitative estimate of drug-likeness (QED) is 0.0223. The van der Waals surface area contributed by atoms with Crippen LogP contribution in [0.2, 0.25) is 0 Å². The number of unbranched alkanes of at least 4 members (excludes halogenated alkanes) is 24. The average molecular weight is 741 g/mol. The first-order valence-electron chi connectivity index (χ1n) is 19.9. The van der Waals surface area contributed by atoms with Crippen LogP contribution in [0.25, 0.3) is 0 Å². The SMILES string of the molecule is CCCCCCCCCCCCCCCCCCCCCCCCCCCC(=O)OC[C@H](O)COP(=O)(O)O[C@@H]1C(O)C(O)[C@@H](O)[C@@H](O)C1O. The number of carbonyl (C=O) groups is 1. The number of aliphatic hydroxyl groups excluding tert-OH is 6. The number of hydrogen-bond acceptors (Lipinski definition) is 11. The second kappa shape index (κ2) is 29.8. The molecule has 0 aromatic carbocycles. The molecule has 13 heteroatoms. The number of ether oxygens (including phenoxy) is 1. The van der Waals surface area contributed by atoms with Crippen molar-refractivity contribution in [2.45, 2.75) is 217 Å². The zero-order valence-electron chi connectivity index (χ0n) is 31.0. The summed E-state index contributed by atoms with van der Waals surface area (Å²) in [5, 5.41) is 58.8. The third-order valence-electron chi connectivity index (χ3n) is 9.68. The summed E-state index contributed by atoms with van der Waals surface area (Å²) in [5.74, 6) is -0.503. The summed E-state index contributed by atoms with van der Waals surface area (Å²) in [7, 11) is -4.99. The fourth-order valence-corrected chi connectivity index (χ4v) is 7.38. The Morgan fingerprint density at radius 3 is 1.22 bits per heavy atom. The molecule has 0 aliphatic heterocycles. The molecule has 1 rings (SSSR count). The van der Waals surface area contributed by atoms with Crippen molar-refractivity contribution in [1.29, 1.82) is 0 Å². The van der Waals surface area contributed by atoms with Gasteiger partial charge in [0, 0.05) is 6.42 Å². The van der Waals surface area contributed by atoms with Gasteiger partial charge in [0.05, 0.1) is 6.61 Å². The minimum atomic E-state index is -4.99. The first-order chi connectivity index (χ1) is 24.0. The molecule has 0 amide bonds. The third-order valence-corrected chi connectivity index (χ3v) is 10.7. The fraction of sp³-hybridized carbons (Fsp3) is 0.973. The van der Waals surface area contributed by atoms with E-state index < -0.39 is 69.7 Å². The van der Waals surface area contributed by atoms with Crippen molar-refractivity contribution < 1.29 is 58.7 Å². The molecule has 0 saturated heterocycles. The zero-order valence-corrected chi connectivity index (χ0v) is 31.9. The topological polar surface area (TPSA) is 203 Å². The maximum Gasteiger partial charge on any atom is 0.472 e. The summed E-state index contributed by atoms with van der Waals surface area (Å²) in [6.07, 6.45) is 19.6. The van der Waals surface area contributed by atoms with Crippen molar-refractivity contribution >= 4 is 13.8 Å². The highest BCUT2D eigenvalue weighted by molar-refractivity contribution is 7.47. The lowest BCUT2D eigenvalue weighted by Gasteiger charge is -2.41. The van der Waals surface area contributed by atoms with Gasteiger partial charge in [-0.05, 0) is 6.42 Å². The summed E-state index contributed by atoms with van der Waals surface area (Å²) in [6.45, 7) is 1.03. The Kier molecular flexibility index (Phi) is 28.2. The van der Waals surface area contributed by atoms with Gasteiger partial charge in [0.1, 0.15) is 49.3 Å². The van der Waals surface area contributed by atoms with Crippen LogP contribution in [0.15, 0.2) is 0 Å². The molecular formula is C37H73O12P. The van der Waals surface area contributed by atoms with E-state index in [1.807, 2.05) is 0 Å². The van der Waals surface area contributed by atoms with Crippen LogP contribution in [0, 0.1) is 0 Å². The van der Waals surface area contributed by atoms with Gasteiger partial charge in [-0.25, -0.2) is 4.57 Å². The molecule has 7 N–H and O–H groups in total. The smallest absolute Gasteiger partial charge is 0.463 e. The number of hydrogen-bond donors (Lipinski definition) is 7. The van der Waals surface area contributed by atoms with Gasteiger partial charge < -0.3 is 40.3 Å². The molecular weight excluding hydrogens is 667 g/mol. The van der Waals surface area contributed by atoms with Crippen LogP contribution in [0.5, 0.6) is 0 Å². The molecule has 8 atom stereocenters. The van der Waals surface area contributed by atoms with Crippen LogP contribution in [-0.2, 0) is 23.1 Å². The summed E-state index contributed by atoms with van der Waals surface area (Å²) in [4.78, 5) is 21.8. The largest absolute Gasteiger partial charge is 0.472 e. The molecule has 1 aliphatic rings. The number of carbonyl (C=O) groups excluding carboxylic acids is 1. The lowest BCUT2D eigenvalue weighted by Crippen LogP contribution is -2.64. The summed E-state index contributed by atoms with van der Waals surface area (Å²) in [6, 6.07) is 0. The Bertz CT molecular complexity index is 848. The van der Waals surface area contributed by atoms with Gasteiger partial charge in [0.2, 0.25) is 0 Å². The molecule has 0 heterocycles. The van der Waals surface area contributed by atoms with E-state index in [0.717, 1.165) is 19.3 Å². The molecule has 0 radical (unpaired) electrons. The first-order valence-corrected chi connectivity index (χ1v) is 21.4. The van der Waals surface area contributed by atoms with Gasteiger partial charge in [-0.15, -0.1) is 0 Å². The normalized spacial score (nSPS) is 24.2. The minimum absolute atomic E-state index is 0.197. The number of phosphoric acid groups is 1. The second-order valence-electron chi connectivity index (χ2n) is 14.4. The van der Waals surface area contributed by atoms with Gasteiger partial charge in [-0.1, -0.05) is 161 Å². The van der Waals surface area contributed by atoms with Gasteiger partial charge in [0.15, 0.2) is 0 Å². The van der Waals surface area contributed by atoms with Crippen molar-refractivity contribution in [2.75, 3.05) is 13.2 Å². The van der Waals surface area contributed by atoms with Crippen molar-refractivity contribution in [3.05, 3.63) is 0 Å². The molecule has 0 spiro atoms. The highest BCUT2D eigenvalue weighted by Crippen LogP contribution is 2.47. The standard InChI is InChI=1S/C37H73O12P/c1-2-3-4-5-6-7-8-9-10-11-12-13-14-15-16-17-18-19-20-21-22-23-24-25-26-27-31(39)47-28-30(38)29-48-50(45,46)49-37-35(43)33(41)32(40)34(42)36(37)44/h30,32-38,40-44H,2-29H2,1H3,(H,45,46)/t30-,32-,33+,34?,35?,36?,37-/m0/s1. The number of esters is 1. The molecule has 50 heavy (non-hydrogen) atoms. The Morgan fingerprint density at radius 2 is 0.860 bits per heavy atom. The molecule has 0 aromatic heterocycles. The summed E-state index contributed by atoms with van der Waals surface area (Å²) < 4.78 is 26.5. The Morgan fingerprint density at radius 1 is 0.540 bits per heavy atom. The second-order valence-corrected chi connectivity index (χ2v) is 15.8. The minimum Gasteiger partial charge on any atom is -0.463 e. The van der Waals surface area contributed by atoms with E-state index in [9.17, 15) is 44.9 Å². The molecule has 12 nitrogen and oxygen atoms in total. The van der Waals surface area contributed by atoms with E-state index in [-0.39, 0.29) is 6.42 Å². The average Bonchev–Trinajstić information content (AvgIpc) is 3.10. The van der Waals surface area contributed by atoms with Crippen LogP contribution < -0.4 is 0 Å². The number of rotatable bonds is 33. The molecule has 0 bridgehead atoms. The van der Waals surface area contributed by atoms with Gasteiger partial charge >= 0.3 is 13.8 Å². The van der Waals surface area contributed by atoms with Crippen molar-refractivity contribution in [3.63, 3.8) is 0 Å². The van der Waals surface area contributed by atoms with Crippen molar-refractivity contribution in [1.82, 2.24) is 0 Å². The van der Waals surface area contributed by atoms with Gasteiger partial charge in [-0.3, -0.25) is 13.8 Å². The van der Waals surface area contributed by atoms with Crippen LogP contribution in [-0.4, -0.2) is 97.4 Å². The van der Waals surface area contributed by atoms with Crippen LogP contribution in [0.1, 0.15) is 174 Å². The Hall–Kier alpha value is -0.660. The molecule has 1 aliphatic carbocycles. The third kappa shape index (κ3) is 23.1. The maximum absolute atomic E-state index is 12.2. The summed E-state index contributed by atoms with van der Waals surface area (Å²) >= 11 is 0. The van der Waals surface area contributed by atoms with E-state index in [2.05, 4.69) is 16.0 Å². The zero-order chi connectivity index (χ0) is 37.0. The molecule has 4 unspecified atom stereocenters. The highest BCUT2D eigenvalue weighted by atomic mass is 31.2. The molecule has 1 fully saturated rings. The predicted molar refractivity (Wildman–Crippen MR) is 193 cm³/mol. The van der Waals surface area contributed by atoms with Gasteiger partial charge in [-0.2, -0.15) is 0 Å². The van der Waals surface area contributed by atoms with Crippen molar-refractivity contribution in [2.24, 2.45) is 0 Å². The van der Waals surface area contributed by atoms with Crippen LogP contribution in [0.3, 0.4) is 0 Å². The van der Waals surface area contributed by atoms with Gasteiger partial charge in [0.25, 0.3) is 0 Å². The lowest BCUT2D eigenvalue weighted by atomic mass is 9.85. The Labute approximate surface area is 301 Å². The van der Waals surface area contributed by atoms with E-state index in [4.69, 9.17) is 4.74 Å². The van der Waals surface area contributed by atoms with Crippen LogP contribution >= 0.6 is 7.82 Å². The fourth-order valence-electron chi connectivity index (χ4n) is 6.40. The van der Waals surface area contributed by atoms with E-state index in [0.29, 0.717) is 6.42 Å². The van der Waals surface area contributed by atoms with E-state index >= 15 is 0 Å².